The summed E-state index contributed by atoms with van der Waals surface area (Å²) < 4.78 is 40.7. The number of carboxylic acids is 1. The number of carboxylic acid groups (broad SMARTS) is 1. The monoisotopic (exact) mass is 387 g/mol. The van der Waals surface area contributed by atoms with Crippen LogP contribution in [0, 0.1) is 12.7 Å². The number of aryl methyl sites for hydroxylation is 1. The summed E-state index contributed by atoms with van der Waals surface area (Å²) in [5.74, 6) is -2.19. The third kappa shape index (κ3) is 3.45. The van der Waals surface area contributed by atoms with Crippen molar-refractivity contribution in [3.05, 3.63) is 57.8 Å². The molecule has 0 atom stereocenters. The molecule has 0 aliphatic heterocycles. The standard InChI is InChI=1S/C14H11BrFNO4S/c1-8-6-10(3-4-12(8)15)22(20,21)17-13-5-2-9(16)7-11(13)14(18)19/h2-7,17H,1H3,(H,18,19). The average molecular weight is 388 g/mol. The molecule has 8 heteroatoms. The van der Waals surface area contributed by atoms with Gasteiger partial charge in [-0.25, -0.2) is 17.6 Å². The summed E-state index contributed by atoms with van der Waals surface area (Å²) in [4.78, 5) is 11.1. The highest BCUT2D eigenvalue weighted by molar-refractivity contribution is 9.10. The van der Waals surface area contributed by atoms with Crippen molar-refractivity contribution in [2.75, 3.05) is 4.72 Å². The highest BCUT2D eigenvalue weighted by Crippen LogP contribution is 2.24. The molecule has 0 unspecified atom stereocenters. The van der Waals surface area contributed by atoms with Crippen LogP contribution >= 0.6 is 15.9 Å². The number of sulfonamides is 1. The zero-order valence-corrected chi connectivity index (χ0v) is 13.7. The Morgan fingerprint density at radius 3 is 2.50 bits per heavy atom. The van der Waals surface area contributed by atoms with Crippen LogP contribution in [0.3, 0.4) is 0 Å². The second-order valence-electron chi connectivity index (χ2n) is 4.51. The fourth-order valence-corrected chi connectivity index (χ4v) is 3.18. The predicted octanol–water partition coefficient (Wildman–Crippen LogP) is 3.40. The minimum atomic E-state index is -3.98. The molecule has 2 aromatic rings. The summed E-state index contributed by atoms with van der Waals surface area (Å²) in [7, 11) is -3.98. The molecule has 0 aliphatic rings. The van der Waals surface area contributed by atoms with E-state index < -0.39 is 27.4 Å². The van der Waals surface area contributed by atoms with E-state index in [1.54, 1.807) is 13.0 Å². The first-order valence-corrected chi connectivity index (χ1v) is 8.30. The second-order valence-corrected chi connectivity index (χ2v) is 7.05. The number of hydrogen-bond donors (Lipinski definition) is 2. The molecule has 0 aliphatic carbocycles. The second kappa shape index (κ2) is 6.05. The van der Waals surface area contributed by atoms with Crippen molar-refractivity contribution in [1.29, 1.82) is 0 Å². The Bertz CT molecular complexity index is 852. The predicted molar refractivity (Wildman–Crippen MR) is 83.0 cm³/mol. The molecular formula is C14H11BrFNO4S. The van der Waals surface area contributed by atoms with Gasteiger partial charge in [-0.05, 0) is 48.9 Å². The average Bonchev–Trinajstić information content (AvgIpc) is 2.43. The molecule has 0 fully saturated rings. The van der Waals surface area contributed by atoms with Gasteiger partial charge in [-0.2, -0.15) is 0 Å². The summed E-state index contributed by atoms with van der Waals surface area (Å²) in [5.41, 5.74) is 0.0484. The molecule has 0 spiro atoms. The first-order valence-electron chi connectivity index (χ1n) is 6.02. The zero-order chi connectivity index (χ0) is 16.5. The Labute approximate surface area is 135 Å². The number of rotatable bonds is 4. The third-order valence-corrected chi connectivity index (χ3v) is 5.15. The van der Waals surface area contributed by atoms with Crippen LogP contribution in [0.4, 0.5) is 10.1 Å². The molecule has 22 heavy (non-hydrogen) atoms. The van der Waals surface area contributed by atoms with Crippen molar-refractivity contribution >= 4 is 37.6 Å². The van der Waals surface area contributed by atoms with E-state index in [1.807, 2.05) is 0 Å². The van der Waals surface area contributed by atoms with Crippen LogP contribution in [0.15, 0.2) is 45.8 Å². The van der Waals surface area contributed by atoms with Crippen molar-refractivity contribution in [2.24, 2.45) is 0 Å². The smallest absolute Gasteiger partial charge is 0.337 e. The van der Waals surface area contributed by atoms with Gasteiger partial charge in [0, 0.05) is 4.47 Å². The van der Waals surface area contributed by atoms with Gasteiger partial charge in [0.15, 0.2) is 0 Å². The van der Waals surface area contributed by atoms with Crippen LogP contribution in [0.25, 0.3) is 0 Å². The summed E-state index contributed by atoms with van der Waals surface area (Å²) in [6.45, 7) is 1.73. The number of anilines is 1. The van der Waals surface area contributed by atoms with Crippen LogP contribution < -0.4 is 4.72 Å². The molecule has 0 bridgehead atoms. The summed E-state index contributed by atoms with van der Waals surface area (Å²) >= 11 is 3.27. The molecule has 0 saturated carbocycles. The fraction of sp³-hybridized carbons (Fsp3) is 0.0714. The van der Waals surface area contributed by atoms with Crippen molar-refractivity contribution in [1.82, 2.24) is 0 Å². The summed E-state index contributed by atoms with van der Waals surface area (Å²) in [5, 5.41) is 9.03. The van der Waals surface area contributed by atoms with Crippen molar-refractivity contribution in [2.45, 2.75) is 11.8 Å². The van der Waals surface area contributed by atoms with Gasteiger partial charge >= 0.3 is 5.97 Å². The maximum absolute atomic E-state index is 13.1. The molecule has 2 aromatic carbocycles. The van der Waals surface area contributed by atoms with E-state index in [0.29, 0.717) is 5.56 Å². The lowest BCUT2D eigenvalue weighted by Crippen LogP contribution is -2.16. The van der Waals surface area contributed by atoms with Gasteiger partial charge in [0.25, 0.3) is 10.0 Å². The fourth-order valence-electron chi connectivity index (χ4n) is 1.77. The highest BCUT2D eigenvalue weighted by atomic mass is 79.9. The number of aromatic carboxylic acids is 1. The van der Waals surface area contributed by atoms with Gasteiger partial charge in [0.2, 0.25) is 0 Å². The van der Waals surface area contributed by atoms with Crippen LogP contribution in [-0.2, 0) is 10.0 Å². The van der Waals surface area contributed by atoms with Gasteiger partial charge in [-0.3, -0.25) is 4.72 Å². The lowest BCUT2D eigenvalue weighted by atomic mass is 10.2. The maximum atomic E-state index is 13.1. The van der Waals surface area contributed by atoms with Gasteiger partial charge < -0.3 is 5.11 Å². The highest BCUT2D eigenvalue weighted by Gasteiger charge is 2.19. The van der Waals surface area contributed by atoms with E-state index in [4.69, 9.17) is 5.11 Å². The van der Waals surface area contributed by atoms with E-state index in [9.17, 15) is 17.6 Å². The number of halogens is 2. The molecular weight excluding hydrogens is 377 g/mol. The molecule has 0 saturated heterocycles. The van der Waals surface area contributed by atoms with Crippen molar-refractivity contribution in [3.8, 4) is 0 Å². The minimum Gasteiger partial charge on any atom is -0.478 e. The van der Waals surface area contributed by atoms with E-state index in [2.05, 4.69) is 20.7 Å². The minimum absolute atomic E-state index is 0.0196. The summed E-state index contributed by atoms with van der Waals surface area (Å²) in [6.07, 6.45) is 0. The molecule has 0 amide bonds. The molecule has 0 heterocycles. The molecule has 116 valence electrons. The van der Waals surface area contributed by atoms with E-state index in [1.165, 1.54) is 12.1 Å². The Kier molecular flexibility index (Phi) is 4.52. The first-order chi connectivity index (χ1) is 10.2. The first kappa shape index (κ1) is 16.4. The normalized spacial score (nSPS) is 11.2. The van der Waals surface area contributed by atoms with Gasteiger partial charge in [-0.1, -0.05) is 15.9 Å². The van der Waals surface area contributed by atoms with Crippen LogP contribution in [-0.4, -0.2) is 19.5 Å². The quantitative estimate of drug-likeness (QED) is 0.841. The molecule has 5 nitrogen and oxygen atoms in total. The summed E-state index contributed by atoms with van der Waals surface area (Å²) in [6, 6.07) is 7.21. The van der Waals surface area contributed by atoms with E-state index in [-0.39, 0.29) is 10.6 Å². The lowest BCUT2D eigenvalue weighted by molar-refractivity contribution is 0.0697. The Morgan fingerprint density at radius 2 is 1.91 bits per heavy atom. The largest absolute Gasteiger partial charge is 0.478 e. The Morgan fingerprint density at radius 1 is 1.23 bits per heavy atom. The lowest BCUT2D eigenvalue weighted by Gasteiger charge is -2.11. The third-order valence-electron chi connectivity index (χ3n) is 2.90. The van der Waals surface area contributed by atoms with Gasteiger partial charge in [-0.15, -0.1) is 0 Å². The van der Waals surface area contributed by atoms with Crippen LogP contribution in [0.5, 0.6) is 0 Å². The molecule has 0 radical (unpaired) electrons. The van der Waals surface area contributed by atoms with Gasteiger partial charge in [0.1, 0.15) is 5.82 Å². The van der Waals surface area contributed by atoms with Crippen molar-refractivity contribution < 1.29 is 22.7 Å². The van der Waals surface area contributed by atoms with Crippen molar-refractivity contribution in [3.63, 3.8) is 0 Å². The zero-order valence-electron chi connectivity index (χ0n) is 11.3. The number of benzene rings is 2. The SMILES string of the molecule is Cc1cc(S(=O)(=O)Nc2ccc(F)cc2C(=O)O)ccc1Br. The molecule has 2 N–H and O–H groups in total. The Balaban J connectivity index is 2.45. The molecule has 0 aromatic heterocycles. The number of hydrogen-bond acceptors (Lipinski definition) is 3. The Hall–Kier alpha value is -1.93. The number of carbonyl (C=O) groups is 1. The van der Waals surface area contributed by atoms with E-state index in [0.717, 1.165) is 22.7 Å². The van der Waals surface area contributed by atoms with Crippen LogP contribution in [0.2, 0.25) is 0 Å². The topological polar surface area (TPSA) is 83.5 Å². The maximum Gasteiger partial charge on any atom is 0.337 e. The van der Waals surface area contributed by atoms with E-state index >= 15 is 0 Å². The van der Waals surface area contributed by atoms with Gasteiger partial charge in [0.05, 0.1) is 16.1 Å². The molecule has 2 rings (SSSR count). The number of nitrogens with one attached hydrogen (secondary N) is 1. The van der Waals surface area contributed by atoms with Crippen LogP contribution in [0.1, 0.15) is 15.9 Å².